The van der Waals surface area contributed by atoms with E-state index in [1.807, 2.05) is 18.2 Å². The molecule has 0 fully saturated rings. The lowest BCUT2D eigenvalue weighted by Gasteiger charge is -2.05. The van der Waals surface area contributed by atoms with Crippen molar-refractivity contribution in [1.82, 2.24) is 0 Å². The van der Waals surface area contributed by atoms with E-state index in [1.54, 1.807) is 30.3 Å². The molecule has 0 saturated carbocycles. The van der Waals surface area contributed by atoms with Crippen LogP contribution in [0.25, 0.3) is 10.8 Å². The van der Waals surface area contributed by atoms with E-state index in [4.69, 9.17) is 0 Å². The van der Waals surface area contributed by atoms with Crippen LogP contribution in [-0.2, 0) is 0 Å². The first-order valence-electron chi connectivity index (χ1n) is 6.20. The summed E-state index contributed by atoms with van der Waals surface area (Å²) in [5, 5.41) is 20.5. The Balaban J connectivity index is 2.09. The van der Waals surface area contributed by atoms with Gasteiger partial charge in [0, 0.05) is 11.1 Å². The zero-order chi connectivity index (χ0) is 14.1. The molecule has 0 heterocycles. The van der Waals surface area contributed by atoms with Crippen molar-refractivity contribution in [2.45, 2.75) is 0 Å². The Morgan fingerprint density at radius 3 is 2.05 bits per heavy atom. The molecule has 3 aromatic rings. The topological polar surface area (TPSA) is 57.5 Å². The molecule has 20 heavy (non-hydrogen) atoms. The highest BCUT2D eigenvalue weighted by molar-refractivity contribution is 6.10. The minimum absolute atomic E-state index is 0.0694. The summed E-state index contributed by atoms with van der Waals surface area (Å²) in [6, 6.07) is 17.1. The standard InChI is InChI=1S/C17H12O3/c18-15-9-12-6-7-13(8-14(12)10-16(15)19)17(20)11-4-2-1-3-5-11/h1-10,18-19H. The van der Waals surface area contributed by atoms with Gasteiger partial charge in [0.05, 0.1) is 0 Å². The van der Waals surface area contributed by atoms with Crippen molar-refractivity contribution in [3.63, 3.8) is 0 Å². The normalized spacial score (nSPS) is 10.6. The van der Waals surface area contributed by atoms with Gasteiger partial charge in [-0.3, -0.25) is 4.79 Å². The molecule has 0 aliphatic rings. The monoisotopic (exact) mass is 264 g/mol. The number of carbonyl (C=O) groups excluding carboxylic acids is 1. The van der Waals surface area contributed by atoms with Crippen molar-refractivity contribution in [2.24, 2.45) is 0 Å². The van der Waals surface area contributed by atoms with E-state index < -0.39 is 0 Å². The SMILES string of the molecule is O=C(c1ccccc1)c1ccc2cc(O)c(O)cc2c1. The predicted molar refractivity (Wildman–Crippen MR) is 77.2 cm³/mol. The van der Waals surface area contributed by atoms with Gasteiger partial charge in [-0.1, -0.05) is 42.5 Å². The highest BCUT2D eigenvalue weighted by Crippen LogP contribution is 2.30. The largest absolute Gasteiger partial charge is 0.504 e. The van der Waals surface area contributed by atoms with E-state index in [2.05, 4.69) is 0 Å². The molecule has 2 N–H and O–H groups in total. The number of hydrogen-bond acceptors (Lipinski definition) is 3. The maximum Gasteiger partial charge on any atom is 0.193 e. The molecule has 3 aromatic carbocycles. The molecule has 0 amide bonds. The van der Waals surface area contributed by atoms with E-state index in [0.717, 1.165) is 5.39 Å². The molecule has 3 rings (SSSR count). The minimum atomic E-state index is -0.193. The van der Waals surface area contributed by atoms with Crippen molar-refractivity contribution in [2.75, 3.05) is 0 Å². The van der Waals surface area contributed by atoms with Crippen LogP contribution in [-0.4, -0.2) is 16.0 Å². The molecule has 0 saturated heterocycles. The maximum absolute atomic E-state index is 12.3. The number of phenolic OH excluding ortho intramolecular Hbond substituents is 2. The fourth-order valence-electron chi connectivity index (χ4n) is 2.17. The van der Waals surface area contributed by atoms with Crippen LogP contribution in [0.1, 0.15) is 15.9 Å². The molecule has 0 aliphatic carbocycles. The van der Waals surface area contributed by atoms with Gasteiger partial charge in [-0.25, -0.2) is 0 Å². The Morgan fingerprint density at radius 1 is 0.700 bits per heavy atom. The van der Waals surface area contributed by atoms with Crippen LogP contribution in [0.15, 0.2) is 60.7 Å². The van der Waals surface area contributed by atoms with Crippen molar-refractivity contribution in [3.8, 4) is 11.5 Å². The average Bonchev–Trinajstić information content (AvgIpc) is 2.48. The Kier molecular flexibility index (Phi) is 2.88. The van der Waals surface area contributed by atoms with Gasteiger partial charge in [0.25, 0.3) is 0 Å². The second-order valence-electron chi connectivity index (χ2n) is 4.60. The molecular weight excluding hydrogens is 252 g/mol. The van der Waals surface area contributed by atoms with Gasteiger partial charge in [0.1, 0.15) is 0 Å². The number of carbonyl (C=O) groups is 1. The lowest BCUT2D eigenvalue weighted by atomic mass is 10.00. The Bertz CT molecular complexity index is 792. The summed E-state index contributed by atoms with van der Waals surface area (Å²) in [7, 11) is 0. The van der Waals surface area contributed by atoms with Gasteiger partial charge in [0.15, 0.2) is 17.3 Å². The fourth-order valence-corrected chi connectivity index (χ4v) is 2.17. The maximum atomic E-state index is 12.3. The lowest BCUT2D eigenvalue weighted by molar-refractivity contribution is 0.103. The number of hydrogen-bond donors (Lipinski definition) is 2. The van der Waals surface area contributed by atoms with Crippen LogP contribution in [0.5, 0.6) is 11.5 Å². The van der Waals surface area contributed by atoms with Crippen molar-refractivity contribution in [1.29, 1.82) is 0 Å². The first-order chi connectivity index (χ1) is 9.65. The van der Waals surface area contributed by atoms with Gasteiger partial charge in [-0.2, -0.15) is 0 Å². The summed E-state index contributed by atoms with van der Waals surface area (Å²) in [6.45, 7) is 0. The van der Waals surface area contributed by atoms with Gasteiger partial charge in [0.2, 0.25) is 0 Å². The van der Waals surface area contributed by atoms with Crippen LogP contribution in [0.2, 0.25) is 0 Å². The highest BCUT2D eigenvalue weighted by atomic mass is 16.3. The van der Waals surface area contributed by atoms with Gasteiger partial charge >= 0.3 is 0 Å². The average molecular weight is 264 g/mol. The predicted octanol–water partition coefficient (Wildman–Crippen LogP) is 3.48. The third kappa shape index (κ3) is 2.10. The van der Waals surface area contributed by atoms with Crippen LogP contribution >= 0.6 is 0 Å². The molecule has 0 spiro atoms. The van der Waals surface area contributed by atoms with Crippen LogP contribution in [0.3, 0.4) is 0 Å². The second kappa shape index (κ2) is 4.70. The third-order valence-electron chi connectivity index (χ3n) is 3.23. The molecule has 0 atom stereocenters. The first kappa shape index (κ1) is 12.2. The van der Waals surface area contributed by atoms with E-state index >= 15 is 0 Å². The Hall–Kier alpha value is -2.81. The van der Waals surface area contributed by atoms with Gasteiger partial charge < -0.3 is 10.2 Å². The molecule has 0 unspecified atom stereocenters. The summed E-state index contributed by atoms with van der Waals surface area (Å²) >= 11 is 0. The number of benzene rings is 3. The number of fused-ring (bicyclic) bond motifs is 1. The summed E-state index contributed by atoms with van der Waals surface area (Å²) in [5.41, 5.74) is 1.17. The quantitative estimate of drug-likeness (QED) is 0.550. The van der Waals surface area contributed by atoms with Gasteiger partial charge in [-0.05, 0) is 29.0 Å². The summed E-state index contributed by atoms with van der Waals surface area (Å²) in [6.07, 6.45) is 0. The summed E-state index contributed by atoms with van der Waals surface area (Å²) < 4.78 is 0. The zero-order valence-electron chi connectivity index (χ0n) is 10.6. The second-order valence-corrected chi connectivity index (χ2v) is 4.60. The van der Waals surface area contributed by atoms with Crippen LogP contribution in [0.4, 0.5) is 0 Å². The van der Waals surface area contributed by atoms with E-state index in [-0.39, 0.29) is 17.3 Å². The number of ketones is 1. The smallest absolute Gasteiger partial charge is 0.193 e. The lowest BCUT2D eigenvalue weighted by Crippen LogP contribution is -2.00. The Morgan fingerprint density at radius 2 is 1.35 bits per heavy atom. The van der Waals surface area contributed by atoms with E-state index in [9.17, 15) is 15.0 Å². The fraction of sp³-hybridized carbons (Fsp3) is 0. The molecule has 0 radical (unpaired) electrons. The zero-order valence-corrected chi connectivity index (χ0v) is 10.6. The number of aromatic hydroxyl groups is 2. The molecule has 3 heteroatoms. The van der Waals surface area contributed by atoms with Crippen molar-refractivity contribution < 1.29 is 15.0 Å². The van der Waals surface area contributed by atoms with Crippen molar-refractivity contribution >= 4 is 16.6 Å². The molecule has 0 aromatic heterocycles. The molecule has 0 bridgehead atoms. The van der Waals surface area contributed by atoms with Gasteiger partial charge in [-0.15, -0.1) is 0 Å². The third-order valence-corrected chi connectivity index (χ3v) is 3.23. The first-order valence-corrected chi connectivity index (χ1v) is 6.20. The molecule has 98 valence electrons. The van der Waals surface area contributed by atoms with Crippen molar-refractivity contribution in [3.05, 3.63) is 71.8 Å². The molecular formula is C17H12O3. The summed E-state index contributed by atoms with van der Waals surface area (Å²) in [4.78, 5) is 12.3. The van der Waals surface area contributed by atoms with Crippen LogP contribution < -0.4 is 0 Å². The number of phenols is 2. The van der Waals surface area contributed by atoms with E-state index in [1.165, 1.54) is 12.1 Å². The molecule has 0 aliphatic heterocycles. The highest BCUT2D eigenvalue weighted by Gasteiger charge is 2.10. The van der Waals surface area contributed by atoms with Crippen LogP contribution in [0, 0.1) is 0 Å². The summed E-state index contributed by atoms with van der Waals surface area (Å²) in [5.74, 6) is -0.429. The Labute approximate surface area is 115 Å². The van der Waals surface area contributed by atoms with E-state index in [0.29, 0.717) is 16.5 Å². The minimum Gasteiger partial charge on any atom is -0.504 e. The molecule has 3 nitrogen and oxygen atoms in total. The number of rotatable bonds is 2.